The molecule has 2 rings (SSSR count). The van der Waals surface area contributed by atoms with Crippen molar-refractivity contribution in [3.63, 3.8) is 0 Å². The molecular weight excluding hydrogens is 391 g/mol. The zero-order chi connectivity index (χ0) is 20.1. The first-order valence-corrected chi connectivity index (χ1v) is 8.76. The molecule has 0 heterocycles. The van der Waals surface area contributed by atoms with Crippen LogP contribution in [0.4, 0.5) is 18.9 Å². The minimum atomic E-state index is -5.05. The lowest BCUT2D eigenvalue weighted by atomic mass is 10.3. The van der Waals surface area contributed by atoms with Gasteiger partial charge in [-0.3, -0.25) is 4.72 Å². The van der Waals surface area contributed by atoms with E-state index in [1.54, 1.807) is 0 Å². The summed E-state index contributed by atoms with van der Waals surface area (Å²) in [5, 5.41) is 0. The molecule has 0 aliphatic heterocycles. The Bertz CT molecular complexity index is 914. The predicted octanol–water partition coefficient (Wildman–Crippen LogP) is 2.94. The molecule has 0 atom stereocenters. The molecule has 0 radical (unpaired) electrons. The van der Waals surface area contributed by atoms with E-state index in [0.29, 0.717) is 0 Å². The number of nitrogens with one attached hydrogen (secondary N) is 1. The number of hydrogen-bond acceptors (Lipinski definition) is 6. The number of hydrogen-bond donors (Lipinski definition) is 1. The molecule has 0 bridgehead atoms. The van der Waals surface area contributed by atoms with Crippen LogP contribution >= 0.6 is 0 Å². The van der Waals surface area contributed by atoms with Gasteiger partial charge in [0.05, 0.1) is 12.8 Å². The lowest BCUT2D eigenvalue weighted by Gasteiger charge is -2.14. The Balaban J connectivity index is 2.23. The number of para-hydroxylation sites is 1. The molecule has 27 heavy (non-hydrogen) atoms. The average molecular weight is 405 g/mol. The molecule has 1 N–H and O–H groups in total. The number of carbonyl (C=O) groups is 1. The molecule has 0 spiro atoms. The van der Waals surface area contributed by atoms with Gasteiger partial charge in [0.2, 0.25) is 0 Å². The van der Waals surface area contributed by atoms with Gasteiger partial charge in [0, 0.05) is 6.07 Å². The number of anilines is 1. The van der Waals surface area contributed by atoms with Gasteiger partial charge in [-0.15, -0.1) is 13.2 Å². The van der Waals surface area contributed by atoms with Gasteiger partial charge in [0.1, 0.15) is 16.4 Å². The fourth-order valence-electron chi connectivity index (χ4n) is 1.94. The lowest BCUT2D eigenvalue weighted by molar-refractivity contribution is -0.275. The SMILES string of the molecule is COC(=O)COc1cccc(NS(=O)(=O)c2ccccc2OC(F)(F)F)c1. The summed E-state index contributed by atoms with van der Waals surface area (Å²) in [6.07, 6.45) is -5.05. The van der Waals surface area contributed by atoms with Crippen LogP contribution in [0.5, 0.6) is 11.5 Å². The van der Waals surface area contributed by atoms with E-state index in [9.17, 15) is 26.4 Å². The second-order valence-electron chi connectivity index (χ2n) is 4.99. The zero-order valence-corrected chi connectivity index (χ0v) is 14.6. The number of carbonyl (C=O) groups excluding carboxylic acids is 1. The topological polar surface area (TPSA) is 90.9 Å². The summed E-state index contributed by atoms with van der Waals surface area (Å²) >= 11 is 0. The molecule has 0 unspecified atom stereocenters. The molecule has 0 aliphatic carbocycles. The highest BCUT2D eigenvalue weighted by atomic mass is 32.2. The third-order valence-electron chi connectivity index (χ3n) is 3.03. The van der Waals surface area contributed by atoms with Gasteiger partial charge < -0.3 is 14.2 Å². The first-order valence-electron chi connectivity index (χ1n) is 7.28. The van der Waals surface area contributed by atoms with Crippen molar-refractivity contribution >= 4 is 21.7 Å². The van der Waals surface area contributed by atoms with Crippen LogP contribution in [0.25, 0.3) is 0 Å². The third kappa shape index (κ3) is 6.06. The fourth-order valence-corrected chi connectivity index (χ4v) is 3.12. The van der Waals surface area contributed by atoms with Gasteiger partial charge in [-0.25, -0.2) is 13.2 Å². The van der Waals surface area contributed by atoms with E-state index in [0.717, 1.165) is 12.1 Å². The highest BCUT2D eigenvalue weighted by Gasteiger charge is 2.34. The van der Waals surface area contributed by atoms with Crippen LogP contribution in [0.2, 0.25) is 0 Å². The second kappa shape index (κ2) is 8.16. The Kier molecular flexibility index (Phi) is 6.16. The Morgan fingerprint density at radius 3 is 2.48 bits per heavy atom. The summed E-state index contributed by atoms with van der Waals surface area (Å²) in [4.78, 5) is 10.4. The van der Waals surface area contributed by atoms with Gasteiger partial charge >= 0.3 is 12.3 Å². The number of rotatable bonds is 7. The molecule has 0 fully saturated rings. The Hall–Kier alpha value is -2.95. The minimum absolute atomic E-state index is 0.0131. The van der Waals surface area contributed by atoms with Gasteiger partial charge in [-0.2, -0.15) is 0 Å². The first-order chi connectivity index (χ1) is 12.6. The predicted molar refractivity (Wildman–Crippen MR) is 87.9 cm³/mol. The smallest absolute Gasteiger partial charge is 0.482 e. The zero-order valence-electron chi connectivity index (χ0n) is 13.8. The monoisotopic (exact) mass is 405 g/mol. The van der Waals surface area contributed by atoms with Gasteiger partial charge in [-0.05, 0) is 24.3 Å². The standard InChI is InChI=1S/C16H14F3NO6S/c1-24-15(21)10-25-12-6-4-5-11(9-12)20-27(22,23)14-8-3-2-7-13(14)26-16(17,18)19/h2-9,20H,10H2,1H3. The van der Waals surface area contributed by atoms with Crippen molar-refractivity contribution in [3.05, 3.63) is 48.5 Å². The molecule has 146 valence electrons. The normalized spacial score (nSPS) is 11.6. The van der Waals surface area contributed by atoms with Crippen LogP contribution in [0, 0.1) is 0 Å². The van der Waals surface area contributed by atoms with Gasteiger partial charge in [-0.1, -0.05) is 18.2 Å². The number of halogens is 3. The van der Waals surface area contributed by atoms with Crippen LogP contribution in [0.15, 0.2) is 53.4 Å². The molecule has 0 saturated heterocycles. The molecule has 7 nitrogen and oxygen atoms in total. The maximum atomic E-state index is 12.5. The highest BCUT2D eigenvalue weighted by Crippen LogP contribution is 2.31. The van der Waals surface area contributed by atoms with Gasteiger partial charge in [0.15, 0.2) is 6.61 Å². The van der Waals surface area contributed by atoms with E-state index >= 15 is 0 Å². The Morgan fingerprint density at radius 1 is 1.11 bits per heavy atom. The third-order valence-corrected chi connectivity index (χ3v) is 4.46. The summed E-state index contributed by atoms with van der Waals surface area (Å²) in [7, 11) is -3.21. The number of benzene rings is 2. The number of esters is 1. The maximum Gasteiger partial charge on any atom is 0.573 e. The molecular formula is C16H14F3NO6S. The Labute approximate surface area is 152 Å². The van der Waals surface area contributed by atoms with Crippen molar-refractivity contribution in [1.82, 2.24) is 0 Å². The summed E-state index contributed by atoms with van der Waals surface area (Å²) in [5.74, 6) is -1.35. The molecule has 2 aromatic rings. The van der Waals surface area contributed by atoms with Crippen molar-refractivity contribution in [3.8, 4) is 11.5 Å². The number of ether oxygens (including phenoxy) is 3. The van der Waals surface area contributed by atoms with Crippen LogP contribution in [-0.4, -0.2) is 34.5 Å². The van der Waals surface area contributed by atoms with E-state index in [1.165, 1.54) is 43.5 Å². The second-order valence-corrected chi connectivity index (χ2v) is 6.64. The lowest BCUT2D eigenvalue weighted by Crippen LogP contribution is -2.20. The summed E-state index contributed by atoms with van der Waals surface area (Å²) in [5.41, 5.74) is 0.0131. The van der Waals surface area contributed by atoms with Crippen molar-refractivity contribution in [2.45, 2.75) is 11.3 Å². The van der Waals surface area contributed by atoms with Crippen molar-refractivity contribution in [2.75, 3.05) is 18.4 Å². The molecule has 0 aliphatic rings. The van der Waals surface area contributed by atoms with Crippen LogP contribution in [0.1, 0.15) is 0 Å². The van der Waals surface area contributed by atoms with Crippen LogP contribution in [-0.2, 0) is 19.6 Å². The largest absolute Gasteiger partial charge is 0.573 e. The van der Waals surface area contributed by atoms with Crippen molar-refractivity contribution in [1.29, 1.82) is 0 Å². The van der Waals surface area contributed by atoms with E-state index in [2.05, 4.69) is 14.2 Å². The fraction of sp³-hybridized carbons (Fsp3) is 0.188. The summed E-state index contributed by atoms with van der Waals surface area (Å²) in [6, 6.07) is 9.83. The summed E-state index contributed by atoms with van der Waals surface area (Å²) in [6.45, 7) is -0.394. The number of methoxy groups -OCH3 is 1. The van der Waals surface area contributed by atoms with Crippen molar-refractivity contribution in [2.24, 2.45) is 0 Å². The van der Waals surface area contributed by atoms with E-state index in [4.69, 9.17) is 4.74 Å². The van der Waals surface area contributed by atoms with E-state index < -0.39 is 39.6 Å². The molecule has 0 amide bonds. The molecule has 2 aromatic carbocycles. The quantitative estimate of drug-likeness (QED) is 0.713. The van der Waals surface area contributed by atoms with E-state index in [-0.39, 0.29) is 11.4 Å². The number of sulfonamides is 1. The minimum Gasteiger partial charge on any atom is -0.482 e. The van der Waals surface area contributed by atoms with Crippen molar-refractivity contribution < 1.29 is 40.6 Å². The van der Waals surface area contributed by atoms with Crippen LogP contribution in [0.3, 0.4) is 0 Å². The first kappa shape index (κ1) is 20.4. The molecule has 0 saturated carbocycles. The van der Waals surface area contributed by atoms with Gasteiger partial charge in [0.25, 0.3) is 10.0 Å². The average Bonchev–Trinajstić information content (AvgIpc) is 2.58. The highest BCUT2D eigenvalue weighted by molar-refractivity contribution is 7.92. The Morgan fingerprint density at radius 2 is 1.81 bits per heavy atom. The summed E-state index contributed by atoms with van der Waals surface area (Å²) < 4.78 is 77.8. The maximum absolute atomic E-state index is 12.5. The van der Waals surface area contributed by atoms with Crippen LogP contribution < -0.4 is 14.2 Å². The molecule has 0 aromatic heterocycles. The molecule has 11 heteroatoms. The van der Waals surface area contributed by atoms with E-state index in [1.807, 2.05) is 0 Å². The number of alkyl halides is 3.